The Morgan fingerprint density at radius 1 is 0.308 bits per heavy atom. The summed E-state index contributed by atoms with van der Waals surface area (Å²) < 4.78 is 2.55. The van der Waals surface area contributed by atoms with Crippen molar-refractivity contribution in [2.45, 2.75) is 76.0 Å². The fourth-order valence-corrected chi connectivity index (χ4v) is 11.9. The van der Waals surface area contributed by atoms with Crippen LogP contribution in [0.25, 0.3) is 59.6 Å². The molecule has 0 saturated heterocycles. The van der Waals surface area contributed by atoms with Crippen LogP contribution >= 0.6 is 0 Å². The van der Waals surface area contributed by atoms with Gasteiger partial charge in [0.1, 0.15) is 0 Å². The van der Waals surface area contributed by atoms with E-state index in [-0.39, 0.29) is 0 Å². The van der Waals surface area contributed by atoms with Crippen LogP contribution in [0.3, 0.4) is 0 Å². The van der Waals surface area contributed by atoms with E-state index in [1.807, 2.05) is 0 Å². The van der Waals surface area contributed by atoms with Gasteiger partial charge < -0.3 is 14.2 Å². The van der Waals surface area contributed by atoms with E-state index in [2.05, 4.69) is 202 Å². The lowest BCUT2D eigenvalue weighted by Crippen LogP contribution is -2.10. The van der Waals surface area contributed by atoms with E-state index < -0.39 is 0 Å². The standard InChI is InChI=1S/C62H53N3/c1-5-14-42(15-6-1)44-24-30-52(31-25-44)63(50-18-9-3-10-19-50)54-34-28-46-38-58-56-22-13-23-57-59-39-47-29-35-55(37-49(47)41-61(59)65(62(56)57)60(58)40-48(46)36-54)64(51-20-11-4-12-21-51)53-32-26-45(27-33-53)43-16-7-2-8-17-43/h3-4,9-13,18-43H,1-2,5-8,14-17H2. The van der Waals surface area contributed by atoms with Crippen molar-refractivity contribution in [1.82, 2.24) is 4.40 Å². The largest absolute Gasteiger partial charge is 0.310 e. The SMILES string of the molecule is c1ccc(N(c2ccc(C3CCCCC3)cc2)c2ccc3cc4c5cccc6c7cc8ccc(N(c9ccccc9)c9ccc(C%10CCCCC%10)cc9)cc8cc7n(c4cc3c2)c56)cc1. The molecule has 13 rings (SSSR count). The Morgan fingerprint density at radius 3 is 1.14 bits per heavy atom. The summed E-state index contributed by atoms with van der Waals surface area (Å²) in [5, 5.41) is 10.2. The van der Waals surface area contributed by atoms with Crippen LogP contribution in [0.4, 0.5) is 34.1 Å². The predicted octanol–water partition coefficient (Wildman–Crippen LogP) is 18.2. The molecule has 0 bridgehead atoms. The molecule has 65 heavy (non-hydrogen) atoms. The number of benzene rings is 9. The van der Waals surface area contributed by atoms with Crippen LogP contribution in [-0.4, -0.2) is 4.40 Å². The van der Waals surface area contributed by atoms with E-state index in [1.54, 1.807) is 0 Å². The Bertz CT molecular complexity index is 3260. The molecule has 0 amide bonds. The summed E-state index contributed by atoms with van der Waals surface area (Å²) in [5.74, 6) is 1.37. The third-order valence-electron chi connectivity index (χ3n) is 15.2. The summed E-state index contributed by atoms with van der Waals surface area (Å²) >= 11 is 0. The van der Waals surface area contributed by atoms with Crippen LogP contribution in [-0.2, 0) is 0 Å². The minimum absolute atomic E-state index is 0.684. The number of nitrogens with zero attached hydrogens (tertiary/aromatic N) is 3. The molecule has 0 unspecified atom stereocenters. The number of para-hydroxylation sites is 3. The first-order valence-electron chi connectivity index (χ1n) is 24.2. The van der Waals surface area contributed by atoms with Crippen molar-refractivity contribution in [3.8, 4) is 0 Å². The van der Waals surface area contributed by atoms with Gasteiger partial charge in [-0.3, -0.25) is 0 Å². The molecule has 3 heteroatoms. The number of aromatic nitrogens is 1. The molecule has 2 aliphatic carbocycles. The first-order chi connectivity index (χ1) is 32.2. The lowest BCUT2D eigenvalue weighted by atomic mass is 9.84. The van der Waals surface area contributed by atoms with Gasteiger partial charge in [-0.2, -0.15) is 0 Å². The van der Waals surface area contributed by atoms with E-state index >= 15 is 0 Å². The highest BCUT2D eigenvalue weighted by molar-refractivity contribution is 6.26. The topological polar surface area (TPSA) is 10.9 Å². The summed E-state index contributed by atoms with van der Waals surface area (Å²) in [7, 11) is 0. The van der Waals surface area contributed by atoms with Crippen molar-refractivity contribution in [1.29, 1.82) is 0 Å². The molecule has 0 radical (unpaired) electrons. The Morgan fingerprint density at radius 2 is 0.708 bits per heavy atom. The maximum atomic E-state index is 2.55. The molecular formula is C62H53N3. The van der Waals surface area contributed by atoms with Gasteiger partial charge in [-0.05, 0) is 167 Å². The number of fused-ring (bicyclic) bond motifs is 8. The molecule has 2 fully saturated rings. The van der Waals surface area contributed by atoms with Gasteiger partial charge in [0.05, 0.1) is 16.6 Å². The van der Waals surface area contributed by atoms with E-state index in [0.29, 0.717) is 11.8 Å². The molecule has 2 heterocycles. The highest BCUT2D eigenvalue weighted by atomic mass is 15.1. The Balaban J connectivity index is 0.940. The molecule has 0 aliphatic heterocycles. The lowest BCUT2D eigenvalue weighted by Gasteiger charge is -2.27. The van der Waals surface area contributed by atoms with Gasteiger partial charge in [0, 0.05) is 55.7 Å². The summed E-state index contributed by atoms with van der Waals surface area (Å²) in [6, 6.07) is 71.2. The number of anilines is 6. The van der Waals surface area contributed by atoms with Crippen LogP contribution in [0.5, 0.6) is 0 Å². The van der Waals surface area contributed by atoms with Crippen molar-refractivity contribution < 1.29 is 0 Å². The molecule has 9 aromatic carbocycles. The Kier molecular flexibility index (Phi) is 9.36. The van der Waals surface area contributed by atoms with Crippen LogP contribution in [0.1, 0.15) is 87.2 Å². The van der Waals surface area contributed by atoms with Gasteiger partial charge in [0.15, 0.2) is 0 Å². The average molecular weight is 840 g/mol. The highest BCUT2D eigenvalue weighted by Gasteiger charge is 2.22. The van der Waals surface area contributed by atoms with E-state index in [1.165, 1.54) is 146 Å². The molecule has 0 atom stereocenters. The van der Waals surface area contributed by atoms with Gasteiger partial charge in [0.2, 0.25) is 0 Å². The minimum Gasteiger partial charge on any atom is -0.310 e. The molecule has 0 spiro atoms. The molecule has 2 saturated carbocycles. The third-order valence-corrected chi connectivity index (χ3v) is 15.2. The van der Waals surface area contributed by atoms with Crippen LogP contribution < -0.4 is 9.80 Å². The highest BCUT2D eigenvalue weighted by Crippen LogP contribution is 2.45. The van der Waals surface area contributed by atoms with Gasteiger partial charge in [0.25, 0.3) is 0 Å². The molecule has 3 nitrogen and oxygen atoms in total. The normalized spacial score (nSPS) is 15.3. The lowest BCUT2D eigenvalue weighted by molar-refractivity contribution is 0.443. The zero-order valence-corrected chi connectivity index (χ0v) is 37.0. The first-order valence-corrected chi connectivity index (χ1v) is 24.2. The maximum Gasteiger partial charge on any atom is 0.0620 e. The maximum absolute atomic E-state index is 2.55. The van der Waals surface area contributed by atoms with Gasteiger partial charge in [-0.25, -0.2) is 0 Å². The Hall–Kier alpha value is -7.10. The van der Waals surface area contributed by atoms with E-state index in [4.69, 9.17) is 0 Å². The van der Waals surface area contributed by atoms with Gasteiger partial charge >= 0.3 is 0 Å². The van der Waals surface area contributed by atoms with Gasteiger partial charge in [-0.15, -0.1) is 0 Å². The second kappa shape index (κ2) is 15.9. The van der Waals surface area contributed by atoms with E-state index in [9.17, 15) is 0 Å². The molecule has 2 aliphatic rings. The second-order valence-electron chi connectivity index (χ2n) is 19.0. The van der Waals surface area contributed by atoms with Crippen molar-refractivity contribution in [3.63, 3.8) is 0 Å². The predicted molar refractivity (Wildman–Crippen MR) is 277 cm³/mol. The fraction of sp³-hybridized carbons (Fsp3) is 0.194. The minimum atomic E-state index is 0.684. The second-order valence-corrected chi connectivity index (χ2v) is 19.0. The van der Waals surface area contributed by atoms with Crippen molar-refractivity contribution in [3.05, 3.63) is 199 Å². The monoisotopic (exact) mass is 839 g/mol. The molecule has 2 aromatic heterocycles. The smallest absolute Gasteiger partial charge is 0.0620 e. The van der Waals surface area contributed by atoms with Crippen LogP contribution in [0.2, 0.25) is 0 Å². The Labute approximate surface area is 381 Å². The summed E-state index contributed by atoms with van der Waals surface area (Å²) in [4.78, 5) is 4.84. The molecule has 0 N–H and O–H groups in total. The van der Waals surface area contributed by atoms with Crippen LogP contribution in [0, 0.1) is 0 Å². The quantitative estimate of drug-likeness (QED) is 0.151. The number of hydrogen-bond acceptors (Lipinski definition) is 2. The molecular weight excluding hydrogens is 787 g/mol. The van der Waals surface area contributed by atoms with Crippen molar-refractivity contribution in [2.24, 2.45) is 0 Å². The van der Waals surface area contributed by atoms with E-state index in [0.717, 1.165) is 22.7 Å². The first kappa shape index (κ1) is 38.4. The number of hydrogen-bond donors (Lipinski definition) is 0. The molecule has 316 valence electrons. The number of rotatable bonds is 8. The molecule has 11 aromatic rings. The third kappa shape index (κ3) is 6.62. The van der Waals surface area contributed by atoms with Crippen LogP contribution in [0.15, 0.2) is 188 Å². The summed E-state index contributed by atoms with van der Waals surface area (Å²) in [5.41, 5.74) is 13.8. The van der Waals surface area contributed by atoms with Crippen molar-refractivity contribution in [2.75, 3.05) is 9.80 Å². The van der Waals surface area contributed by atoms with Crippen molar-refractivity contribution >= 4 is 93.8 Å². The average Bonchev–Trinajstić information content (AvgIpc) is 3.88. The summed E-state index contributed by atoms with van der Waals surface area (Å²) in [6.45, 7) is 0. The fourth-order valence-electron chi connectivity index (χ4n) is 11.9. The van der Waals surface area contributed by atoms with Gasteiger partial charge in [-0.1, -0.05) is 130 Å². The summed E-state index contributed by atoms with van der Waals surface area (Å²) in [6.07, 6.45) is 13.4. The zero-order valence-electron chi connectivity index (χ0n) is 37.0. The zero-order chi connectivity index (χ0) is 42.8.